The summed E-state index contributed by atoms with van der Waals surface area (Å²) in [5.41, 5.74) is 0. The number of nitrogens with one attached hydrogen (secondary N) is 1. The van der Waals surface area contributed by atoms with Gasteiger partial charge in [0, 0.05) is 19.7 Å². The van der Waals surface area contributed by atoms with E-state index < -0.39 is 0 Å². The second kappa shape index (κ2) is 6.46. The highest BCUT2D eigenvalue weighted by atomic mass is 16.5. The monoisotopic (exact) mass is 215 g/mol. The van der Waals surface area contributed by atoms with Crippen LogP contribution in [0, 0.1) is 5.92 Å². The summed E-state index contributed by atoms with van der Waals surface area (Å²) in [5, 5.41) is 3.53. The summed E-state index contributed by atoms with van der Waals surface area (Å²) in [6, 6.07) is 0.439. The van der Waals surface area contributed by atoms with E-state index in [1.165, 1.54) is 12.8 Å². The molecule has 0 radical (unpaired) electrons. The predicted molar refractivity (Wildman–Crippen MR) is 62.1 cm³/mol. The molecular weight excluding hydrogens is 190 g/mol. The predicted octanol–water partition coefficient (Wildman–Crippen LogP) is 1.81. The minimum atomic E-state index is 0.401. The maximum Gasteiger partial charge on any atom is 0.0704 e. The van der Waals surface area contributed by atoms with Gasteiger partial charge in [-0.1, -0.05) is 13.8 Å². The Kier molecular flexibility index (Phi) is 5.58. The van der Waals surface area contributed by atoms with Gasteiger partial charge in [0.15, 0.2) is 0 Å². The molecule has 1 aliphatic heterocycles. The Hall–Kier alpha value is -0.120. The van der Waals surface area contributed by atoms with Gasteiger partial charge in [0.05, 0.1) is 18.8 Å². The number of hydrogen-bond donors (Lipinski definition) is 1. The SMILES string of the molecule is COCC(NCC1CCC(C)O1)C(C)C. The van der Waals surface area contributed by atoms with Crippen LogP contribution in [0.1, 0.15) is 33.6 Å². The average Bonchev–Trinajstić information content (AvgIpc) is 2.58. The number of rotatable bonds is 6. The first-order valence-corrected chi connectivity index (χ1v) is 6.01. The van der Waals surface area contributed by atoms with Crippen molar-refractivity contribution in [3.63, 3.8) is 0 Å². The van der Waals surface area contributed by atoms with E-state index in [2.05, 4.69) is 26.1 Å². The number of ether oxygens (including phenoxy) is 2. The molecule has 1 saturated heterocycles. The van der Waals surface area contributed by atoms with Crippen molar-refractivity contribution in [3.05, 3.63) is 0 Å². The molecule has 3 heteroatoms. The topological polar surface area (TPSA) is 30.5 Å². The summed E-state index contributed by atoms with van der Waals surface area (Å²) in [7, 11) is 1.76. The van der Waals surface area contributed by atoms with Gasteiger partial charge in [0.2, 0.25) is 0 Å². The molecule has 0 aromatic heterocycles. The second-order valence-corrected chi connectivity index (χ2v) is 4.86. The van der Waals surface area contributed by atoms with Gasteiger partial charge in [-0.25, -0.2) is 0 Å². The van der Waals surface area contributed by atoms with Gasteiger partial charge in [0.25, 0.3) is 0 Å². The van der Waals surface area contributed by atoms with Crippen molar-refractivity contribution in [3.8, 4) is 0 Å². The molecule has 0 aromatic carbocycles. The van der Waals surface area contributed by atoms with Crippen LogP contribution in [-0.4, -0.2) is 38.5 Å². The van der Waals surface area contributed by atoms with E-state index in [1.807, 2.05) is 0 Å². The summed E-state index contributed by atoms with van der Waals surface area (Å²) >= 11 is 0. The quantitative estimate of drug-likeness (QED) is 0.733. The Morgan fingerprint density at radius 1 is 1.40 bits per heavy atom. The van der Waals surface area contributed by atoms with E-state index in [9.17, 15) is 0 Å². The van der Waals surface area contributed by atoms with Gasteiger partial charge < -0.3 is 14.8 Å². The molecule has 1 N–H and O–H groups in total. The van der Waals surface area contributed by atoms with Crippen LogP contribution in [0.25, 0.3) is 0 Å². The highest BCUT2D eigenvalue weighted by molar-refractivity contribution is 4.76. The van der Waals surface area contributed by atoms with E-state index in [0.29, 0.717) is 24.2 Å². The molecule has 3 unspecified atom stereocenters. The lowest BCUT2D eigenvalue weighted by molar-refractivity contribution is 0.0494. The molecule has 0 aliphatic carbocycles. The molecule has 15 heavy (non-hydrogen) atoms. The fourth-order valence-electron chi connectivity index (χ4n) is 1.98. The van der Waals surface area contributed by atoms with Crippen LogP contribution in [0.5, 0.6) is 0 Å². The van der Waals surface area contributed by atoms with Crippen molar-refractivity contribution >= 4 is 0 Å². The molecule has 0 spiro atoms. The zero-order valence-electron chi connectivity index (χ0n) is 10.5. The second-order valence-electron chi connectivity index (χ2n) is 4.86. The fourth-order valence-corrected chi connectivity index (χ4v) is 1.98. The zero-order chi connectivity index (χ0) is 11.3. The Morgan fingerprint density at radius 3 is 2.60 bits per heavy atom. The normalized spacial score (nSPS) is 28.6. The van der Waals surface area contributed by atoms with Crippen molar-refractivity contribution < 1.29 is 9.47 Å². The Bertz CT molecular complexity index is 173. The molecule has 1 aliphatic rings. The maximum absolute atomic E-state index is 5.77. The largest absolute Gasteiger partial charge is 0.383 e. The number of hydrogen-bond acceptors (Lipinski definition) is 3. The third-order valence-electron chi connectivity index (χ3n) is 3.08. The van der Waals surface area contributed by atoms with Crippen molar-refractivity contribution in [2.45, 2.75) is 51.9 Å². The summed E-state index contributed by atoms with van der Waals surface area (Å²) < 4.78 is 11.0. The standard InChI is InChI=1S/C12H25NO2/c1-9(2)12(8-14-4)13-7-11-6-5-10(3)15-11/h9-13H,5-8H2,1-4H3. The summed E-state index contributed by atoms with van der Waals surface area (Å²) in [5.74, 6) is 0.601. The first-order valence-electron chi connectivity index (χ1n) is 6.01. The van der Waals surface area contributed by atoms with E-state index in [4.69, 9.17) is 9.47 Å². The van der Waals surface area contributed by atoms with E-state index in [-0.39, 0.29) is 0 Å². The Labute approximate surface area is 93.5 Å². The van der Waals surface area contributed by atoms with Crippen molar-refractivity contribution in [1.29, 1.82) is 0 Å². The fraction of sp³-hybridized carbons (Fsp3) is 1.00. The smallest absolute Gasteiger partial charge is 0.0704 e. The summed E-state index contributed by atoms with van der Waals surface area (Å²) in [6.07, 6.45) is 3.23. The molecular formula is C12H25NO2. The maximum atomic E-state index is 5.77. The van der Waals surface area contributed by atoms with Crippen molar-refractivity contribution in [2.24, 2.45) is 5.92 Å². The first-order chi connectivity index (χ1) is 7.13. The van der Waals surface area contributed by atoms with Crippen LogP contribution in [-0.2, 0) is 9.47 Å². The molecule has 0 bridgehead atoms. The van der Waals surface area contributed by atoms with Crippen LogP contribution in [0.15, 0.2) is 0 Å². The lowest BCUT2D eigenvalue weighted by Gasteiger charge is -2.23. The van der Waals surface area contributed by atoms with Gasteiger partial charge >= 0.3 is 0 Å². The molecule has 1 rings (SSSR count). The molecule has 0 amide bonds. The Balaban J connectivity index is 2.21. The van der Waals surface area contributed by atoms with Crippen LogP contribution in [0.3, 0.4) is 0 Å². The van der Waals surface area contributed by atoms with Crippen molar-refractivity contribution in [2.75, 3.05) is 20.3 Å². The van der Waals surface area contributed by atoms with Crippen LogP contribution < -0.4 is 5.32 Å². The van der Waals surface area contributed by atoms with E-state index in [1.54, 1.807) is 7.11 Å². The van der Waals surface area contributed by atoms with Gasteiger partial charge in [-0.3, -0.25) is 0 Å². The minimum absolute atomic E-state index is 0.401. The van der Waals surface area contributed by atoms with Gasteiger partial charge in [-0.2, -0.15) is 0 Å². The molecule has 1 fully saturated rings. The van der Waals surface area contributed by atoms with Gasteiger partial charge in [-0.05, 0) is 25.7 Å². The first kappa shape index (κ1) is 12.9. The van der Waals surface area contributed by atoms with E-state index in [0.717, 1.165) is 13.2 Å². The molecule has 3 nitrogen and oxygen atoms in total. The van der Waals surface area contributed by atoms with Crippen LogP contribution in [0.4, 0.5) is 0 Å². The number of methoxy groups -OCH3 is 1. The minimum Gasteiger partial charge on any atom is -0.383 e. The summed E-state index contributed by atoms with van der Waals surface area (Å²) in [6.45, 7) is 8.31. The molecule has 1 heterocycles. The molecule has 90 valence electrons. The van der Waals surface area contributed by atoms with Crippen molar-refractivity contribution in [1.82, 2.24) is 5.32 Å². The lowest BCUT2D eigenvalue weighted by atomic mass is 10.1. The molecule has 0 aromatic rings. The molecule has 0 saturated carbocycles. The van der Waals surface area contributed by atoms with Crippen LogP contribution >= 0.6 is 0 Å². The lowest BCUT2D eigenvalue weighted by Crippen LogP contribution is -2.41. The third-order valence-corrected chi connectivity index (χ3v) is 3.08. The van der Waals surface area contributed by atoms with E-state index >= 15 is 0 Å². The summed E-state index contributed by atoms with van der Waals surface area (Å²) in [4.78, 5) is 0. The van der Waals surface area contributed by atoms with Gasteiger partial charge in [-0.15, -0.1) is 0 Å². The third kappa shape index (κ3) is 4.49. The average molecular weight is 215 g/mol. The highest BCUT2D eigenvalue weighted by Gasteiger charge is 2.23. The van der Waals surface area contributed by atoms with Crippen LogP contribution in [0.2, 0.25) is 0 Å². The highest BCUT2D eigenvalue weighted by Crippen LogP contribution is 2.18. The Morgan fingerprint density at radius 2 is 2.13 bits per heavy atom. The van der Waals surface area contributed by atoms with Gasteiger partial charge in [0.1, 0.15) is 0 Å². The zero-order valence-corrected chi connectivity index (χ0v) is 10.5. The molecule has 3 atom stereocenters.